The number of benzene rings is 1. The number of urea groups is 1. The minimum Gasteiger partial charge on any atom is -0.478 e. The molecule has 0 heterocycles. The number of carboxylic acids is 1. The molecule has 0 fully saturated rings. The fourth-order valence-corrected chi connectivity index (χ4v) is 1.95. The van der Waals surface area contributed by atoms with E-state index in [0.29, 0.717) is 12.2 Å². The predicted octanol–water partition coefficient (Wildman–Crippen LogP) is 2.98. The van der Waals surface area contributed by atoms with Crippen LogP contribution in [-0.2, 0) is 4.74 Å². The van der Waals surface area contributed by atoms with Gasteiger partial charge in [0.15, 0.2) is 0 Å². The van der Waals surface area contributed by atoms with Crippen LogP contribution in [0.3, 0.4) is 0 Å². The lowest BCUT2D eigenvalue weighted by atomic mass is 10.2. The molecule has 3 N–H and O–H groups in total. The predicted molar refractivity (Wildman–Crippen MR) is 81.2 cm³/mol. The maximum Gasteiger partial charge on any atom is 0.337 e. The lowest BCUT2D eigenvalue weighted by molar-refractivity contribution is 0.0697. The molecular formula is C14H19ClN2O4. The number of hydrogen-bond donors (Lipinski definition) is 3. The molecule has 0 aliphatic carbocycles. The van der Waals surface area contributed by atoms with Crippen LogP contribution in [0.1, 0.15) is 29.6 Å². The van der Waals surface area contributed by atoms with Gasteiger partial charge in [-0.1, -0.05) is 11.6 Å². The summed E-state index contributed by atoms with van der Waals surface area (Å²) in [6.07, 6.45) is 2.81. The SMILES string of the molecule is COCCCCCNC(=O)Nc1ccc(C(=O)O)c(Cl)c1. The Kier molecular flexibility index (Phi) is 7.56. The first kappa shape index (κ1) is 17.3. The molecule has 0 bridgehead atoms. The summed E-state index contributed by atoms with van der Waals surface area (Å²) in [7, 11) is 1.66. The Morgan fingerprint density at radius 1 is 1.29 bits per heavy atom. The molecule has 0 saturated heterocycles. The van der Waals surface area contributed by atoms with Crippen molar-refractivity contribution in [3.63, 3.8) is 0 Å². The normalized spacial score (nSPS) is 10.2. The fraction of sp³-hybridized carbons (Fsp3) is 0.429. The van der Waals surface area contributed by atoms with Crippen LogP contribution >= 0.6 is 11.6 Å². The Balaban J connectivity index is 2.34. The number of amides is 2. The number of rotatable bonds is 8. The number of hydrogen-bond acceptors (Lipinski definition) is 3. The van der Waals surface area contributed by atoms with Crippen molar-refractivity contribution in [1.82, 2.24) is 5.32 Å². The largest absolute Gasteiger partial charge is 0.478 e. The van der Waals surface area contributed by atoms with Crippen LogP contribution in [0.2, 0.25) is 5.02 Å². The number of halogens is 1. The van der Waals surface area contributed by atoms with Crippen LogP contribution in [0.5, 0.6) is 0 Å². The molecule has 1 aromatic carbocycles. The molecule has 0 aromatic heterocycles. The highest BCUT2D eigenvalue weighted by molar-refractivity contribution is 6.33. The molecule has 0 spiro atoms. The summed E-state index contributed by atoms with van der Waals surface area (Å²) in [5, 5.41) is 14.2. The Morgan fingerprint density at radius 3 is 2.67 bits per heavy atom. The van der Waals surface area contributed by atoms with Gasteiger partial charge in [-0.15, -0.1) is 0 Å². The number of carbonyl (C=O) groups excluding carboxylic acids is 1. The van der Waals surface area contributed by atoms with Gasteiger partial charge in [0.25, 0.3) is 0 Å². The van der Waals surface area contributed by atoms with Crippen molar-refractivity contribution in [2.45, 2.75) is 19.3 Å². The average Bonchev–Trinajstić information content (AvgIpc) is 2.42. The molecular weight excluding hydrogens is 296 g/mol. The molecule has 1 aromatic rings. The summed E-state index contributed by atoms with van der Waals surface area (Å²) in [4.78, 5) is 22.4. The Hall–Kier alpha value is -1.79. The van der Waals surface area contributed by atoms with E-state index < -0.39 is 5.97 Å². The van der Waals surface area contributed by atoms with E-state index in [0.717, 1.165) is 25.9 Å². The van der Waals surface area contributed by atoms with Crippen LogP contribution < -0.4 is 10.6 Å². The number of methoxy groups -OCH3 is 1. The van der Waals surface area contributed by atoms with Gasteiger partial charge in [0.05, 0.1) is 10.6 Å². The standard InChI is InChI=1S/C14H19ClN2O4/c1-21-8-4-2-3-7-16-14(20)17-10-5-6-11(13(18)19)12(15)9-10/h5-6,9H,2-4,7-8H2,1H3,(H,18,19)(H2,16,17,20). The highest BCUT2D eigenvalue weighted by atomic mass is 35.5. The van der Waals surface area contributed by atoms with Gasteiger partial charge in [0.1, 0.15) is 0 Å². The van der Waals surface area contributed by atoms with Crippen molar-refractivity contribution in [3.05, 3.63) is 28.8 Å². The first-order valence-electron chi connectivity index (χ1n) is 6.61. The summed E-state index contributed by atoms with van der Waals surface area (Å²) >= 11 is 5.82. The second-order valence-corrected chi connectivity index (χ2v) is 4.84. The van der Waals surface area contributed by atoms with Crippen LogP contribution in [0.15, 0.2) is 18.2 Å². The van der Waals surface area contributed by atoms with Crippen molar-refractivity contribution < 1.29 is 19.4 Å². The van der Waals surface area contributed by atoms with Gasteiger partial charge in [-0.3, -0.25) is 0 Å². The van der Waals surface area contributed by atoms with Crippen molar-refractivity contribution in [2.75, 3.05) is 25.6 Å². The van der Waals surface area contributed by atoms with Gasteiger partial charge >= 0.3 is 12.0 Å². The second kappa shape index (κ2) is 9.20. The Morgan fingerprint density at radius 2 is 2.05 bits per heavy atom. The zero-order valence-electron chi connectivity index (χ0n) is 11.8. The third-order valence-corrected chi connectivity index (χ3v) is 3.08. The van der Waals surface area contributed by atoms with Crippen molar-refractivity contribution in [3.8, 4) is 0 Å². The van der Waals surface area contributed by atoms with Crippen molar-refractivity contribution >= 4 is 29.3 Å². The molecule has 0 atom stereocenters. The van der Waals surface area contributed by atoms with E-state index in [1.807, 2.05) is 0 Å². The zero-order valence-corrected chi connectivity index (χ0v) is 12.6. The Labute approximate surface area is 128 Å². The number of unbranched alkanes of at least 4 members (excludes halogenated alkanes) is 2. The molecule has 0 aliphatic heterocycles. The average molecular weight is 315 g/mol. The van der Waals surface area contributed by atoms with Crippen LogP contribution in [-0.4, -0.2) is 37.4 Å². The number of anilines is 1. The summed E-state index contributed by atoms with van der Waals surface area (Å²) in [5.74, 6) is -1.10. The summed E-state index contributed by atoms with van der Waals surface area (Å²) in [5.41, 5.74) is 0.447. The van der Waals surface area contributed by atoms with Gasteiger partial charge in [-0.25, -0.2) is 9.59 Å². The van der Waals surface area contributed by atoms with E-state index in [-0.39, 0.29) is 16.6 Å². The summed E-state index contributed by atoms with van der Waals surface area (Å²) in [6.45, 7) is 1.29. The maximum absolute atomic E-state index is 11.6. The third kappa shape index (κ3) is 6.46. The molecule has 21 heavy (non-hydrogen) atoms. The van der Waals surface area contributed by atoms with Crippen LogP contribution in [0, 0.1) is 0 Å². The maximum atomic E-state index is 11.6. The molecule has 0 saturated carbocycles. The molecule has 116 valence electrons. The number of aromatic carboxylic acids is 1. The molecule has 0 aliphatic rings. The van der Waals surface area contributed by atoms with Crippen molar-refractivity contribution in [1.29, 1.82) is 0 Å². The number of ether oxygens (including phenoxy) is 1. The minimum absolute atomic E-state index is 0.000711. The number of carbonyl (C=O) groups is 2. The smallest absolute Gasteiger partial charge is 0.337 e. The number of nitrogens with one attached hydrogen (secondary N) is 2. The van der Waals surface area contributed by atoms with Gasteiger partial charge in [-0.05, 0) is 37.5 Å². The molecule has 7 heteroatoms. The summed E-state index contributed by atoms with van der Waals surface area (Å²) < 4.78 is 4.93. The number of carboxylic acid groups (broad SMARTS) is 1. The highest BCUT2D eigenvalue weighted by Crippen LogP contribution is 2.20. The fourth-order valence-electron chi connectivity index (χ4n) is 1.69. The quantitative estimate of drug-likeness (QED) is 0.644. The molecule has 0 unspecified atom stereocenters. The molecule has 6 nitrogen and oxygen atoms in total. The third-order valence-electron chi connectivity index (χ3n) is 2.77. The molecule has 0 radical (unpaired) electrons. The van der Waals surface area contributed by atoms with Gasteiger partial charge in [0, 0.05) is 25.9 Å². The minimum atomic E-state index is -1.10. The van der Waals surface area contributed by atoms with Crippen molar-refractivity contribution in [2.24, 2.45) is 0 Å². The monoisotopic (exact) mass is 314 g/mol. The van der Waals surface area contributed by atoms with E-state index in [2.05, 4.69) is 10.6 Å². The van der Waals surface area contributed by atoms with Crippen LogP contribution in [0.25, 0.3) is 0 Å². The van der Waals surface area contributed by atoms with E-state index in [9.17, 15) is 9.59 Å². The first-order valence-corrected chi connectivity index (χ1v) is 6.99. The first-order chi connectivity index (χ1) is 10.0. The van der Waals surface area contributed by atoms with E-state index in [1.54, 1.807) is 7.11 Å². The molecule has 1 rings (SSSR count). The van der Waals surface area contributed by atoms with Crippen LogP contribution in [0.4, 0.5) is 10.5 Å². The van der Waals surface area contributed by atoms with E-state index in [4.69, 9.17) is 21.4 Å². The Bertz CT molecular complexity index is 494. The van der Waals surface area contributed by atoms with E-state index in [1.165, 1.54) is 18.2 Å². The topological polar surface area (TPSA) is 87.7 Å². The second-order valence-electron chi connectivity index (χ2n) is 4.43. The van der Waals surface area contributed by atoms with Gasteiger partial charge < -0.3 is 20.5 Å². The van der Waals surface area contributed by atoms with E-state index >= 15 is 0 Å². The highest BCUT2D eigenvalue weighted by Gasteiger charge is 2.09. The van der Waals surface area contributed by atoms with Gasteiger partial charge in [-0.2, -0.15) is 0 Å². The zero-order chi connectivity index (χ0) is 15.7. The molecule has 2 amide bonds. The lowest BCUT2D eigenvalue weighted by Crippen LogP contribution is -2.29. The summed E-state index contributed by atoms with van der Waals surface area (Å²) in [6, 6.07) is 3.91. The van der Waals surface area contributed by atoms with Gasteiger partial charge in [0.2, 0.25) is 0 Å². The lowest BCUT2D eigenvalue weighted by Gasteiger charge is -2.08.